The lowest BCUT2D eigenvalue weighted by Gasteiger charge is -2.41. The van der Waals surface area contributed by atoms with Crippen LogP contribution in [0.4, 0.5) is 0 Å². The quantitative estimate of drug-likeness (QED) is 0.815. The largest absolute Gasteiger partial charge is 0.387 e. The molecule has 3 nitrogen and oxygen atoms in total. The van der Waals surface area contributed by atoms with Gasteiger partial charge in [0.15, 0.2) is 0 Å². The lowest BCUT2D eigenvalue weighted by atomic mass is 9.66. The predicted octanol–water partition coefficient (Wildman–Crippen LogP) is 2.31. The first-order valence-electron chi connectivity index (χ1n) is 7.53. The molecule has 18 heavy (non-hydrogen) atoms. The van der Waals surface area contributed by atoms with Crippen molar-refractivity contribution < 1.29 is 5.11 Å². The second kappa shape index (κ2) is 4.21. The van der Waals surface area contributed by atoms with E-state index in [1.807, 2.05) is 0 Å². The van der Waals surface area contributed by atoms with Crippen molar-refractivity contribution in [2.45, 2.75) is 63.5 Å². The highest BCUT2D eigenvalue weighted by Gasteiger charge is 2.62. The number of fused-ring (bicyclic) bond motifs is 1. The van der Waals surface area contributed by atoms with E-state index in [4.69, 9.17) is 0 Å². The van der Waals surface area contributed by atoms with Crippen molar-refractivity contribution in [1.82, 2.24) is 4.90 Å². The molecule has 3 fully saturated rings. The minimum atomic E-state index is -0.734. The Hall–Kier alpha value is -0.590. The van der Waals surface area contributed by atoms with Crippen molar-refractivity contribution in [2.24, 2.45) is 11.3 Å². The van der Waals surface area contributed by atoms with E-state index < -0.39 is 11.0 Å². The van der Waals surface area contributed by atoms with Gasteiger partial charge in [-0.25, -0.2) is 0 Å². The summed E-state index contributed by atoms with van der Waals surface area (Å²) in [6.45, 7) is 4.31. The van der Waals surface area contributed by atoms with Crippen LogP contribution in [0.25, 0.3) is 0 Å². The first kappa shape index (κ1) is 12.4. The number of aliphatic hydroxyl groups is 1. The Labute approximate surface area is 110 Å². The topological polar surface area (TPSA) is 47.3 Å². The number of hydrogen-bond acceptors (Lipinski definition) is 3. The van der Waals surface area contributed by atoms with Crippen molar-refractivity contribution in [3.8, 4) is 6.07 Å². The molecule has 0 aromatic heterocycles. The zero-order valence-electron chi connectivity index (χ0n) is 11.4. The molecule has 0 aromatic carbocycles. The summed E-state index contributed by atoms with van der Waals surface area (Å²) in [5.41, 5.74) is -1.19. The van der Waals surface area contributed by atoms with Gasteiger partial charge in [0.1, 0.15) is 0 Å². The zero-order chi connectivity index (χ0) is 12.8. The third-order valence-corrected chi connectivity index (χ3v) is 5.93. The molecule has 100 valence electrons. The number of rotatable bonds is 2. The van der Waals surface area contributed by atoms with Crippen LogP contribution in [0.2, 0.25) is 0 Å². The molecule has 0 amide bonds. The van der Waals surface area contributed by atoms with E-state index in [9.17, 15) is 10.4 Å². The molecule has 3 heteroatoms. The molecule has 4 unspecified atom stereocenters. The van der Waals surface area contributed by atoms with E-state index in [-0.39, 0.29) is 6.04 Å². The van der Waals surface area contributed by atoms with Gasteiger partial charge in [-0.3, -0.25) is 4.90 Å². The molecule has 0 spiro atoms. The maximum Gasteiger partial charge on any atom is 0.0999 e. The van der Waals surface area contributed by atoms with E-state index in [1.54, 1.807) is 0 Å². The van der Waals surface area contributed by atoms with Crippen molar-refractivity contribution in [2.75, 3.05) is 13.1 Å². The van der Waals surface area contributed by atoms with Crippen LogP contribution in [0.15, 0.2) is 0 Å². The average molecular weight is 248 g/mol. The van der Waals surface area contributed by atoms with Crippen LogP contribution in [0, 0.1) is 22.7 Å². The normalized spacial score (nSPS) is 48.3. The molecule has 0 bridgehead atoms. The lowest BCUT2D eigenvalue weighted by molar-refractivity contribution is -0.0729. The van der Waals surface area contributed by atoms with Crippen molar-refractivity contribution in [3.05, 3.63) is 0 Å². The maximum absolute atomic E-state index is 11.3. The highest BCUT2D eigenvalue weighted by atomic mass is 16.3. The molecule has 0 radical (unpaired) electrons. The number of nitriles is 1. The van der Waals surface area contributed by atoms with Crippen molar-refractivity contribution in [3.63, 3.8) is 0 Å². The van der Waals surface area contributed by atoms with Crippen LogP contribution in [-0.4, -0.2) is 34.7 Å². The molecular weight excluding hydrogens is 224 g/mol. The van der Waals surface area contributed by atoms with Gasteiger partial charge in [0, 0.05) is 12.6 Å². The molecular formula is C15H24N2O. The summed E-state index contributed by atoms with van der Waals surface area (Å²) in [7, 11) is 0. The van der Waals surface area contributed by atoms with Crippen molar-refractivity contribution >= 4 is 0 Å². The van der Waals surface area contributed by atoms with E-state index in [2.05, 4.69) is 17.9 Å². The Bertz CT molecular complexity index is 377. The van der Waals surface area contributed by atoms with Gasteiger partial charge in [-0.1, -0.05) is 13.3 Å². The van der Waals surface area contributed by atoms with E-state index in [0.717, 1.165) is 51.6 Å². The lowest BCUT2D eigenvalue weighted by Crippen LogP contribution is -2.53. The Morgan fingerprint density at radius 1 is 1.33 bits per heavy atom. The summed E-state index contributed by atoms with van der Waals surface area (Å²) in [6, 6.07) is 2.82. The SMILES string of the molecule is CCC1CCC(C#N)(C2(O)CCN3CCCC32)C1. The number of nitrogens with zero attached hydrogens (tertiary/aromatic N) is 2. The van der Waals surface area contributed by atoms with Crippen LogP contribution in [-0.2, 0) is 0 Å². The minimum Gasteiger partial charge on any atom is -0.387 e. The van der Waals surface area contributed by atoms with E-state index >= 15 is 0 Å². The number of hydrogen-bond donors (Lipinski definition) is 1. The summed E-state index contributed by atoms with van der Waals surface area (Å²) >= 11 is 0. The molecule has 1 aliphatic carbocycles. The Morgan fingerprint density at radius 2 is 2.17 bits per heavy atom. The van der Waals surface area contributed by atoms with Crippen LogP contribution in [0.1, 0.15) is 51.9 Å². The zero-order valence-corrected chi connectivity index (χ0v) is 11.4. The molecule has 2 aliphatic heterocycles. The molecule has 1 N–H and O–H groups in total. The minimum absolute atomic E-state index is 0.257. The molecule has 4 atom stereocenters. The molecule has 2 heterocycles. The monoisotopic (exact) mass is 248 g/mol. The molecule has 1 saturated carbocycles. The predicted molar refractivity (Wildman–Crippen MR) is 69.8 cm³/mol. The van der Waals surface area contributed by atoms with Crippen LogP contribution in [0.3, 0.4) is 0 Å². The third kappa shape index (κ3) is 1.49. The Morgan fingerprint density at radius 3 is 2.83 bits per heavy atom. The molecule has 3 rings (SSSR count). The van der Waals surface area contributed by atoms with Crippen molar-refractivity contribution in [1.29, 1.82) is 5.26 Å². The fourth-order valence-corrected chi connectivity index (χ4v) is 4.76. The Kier molecular flexibility index (Phi) is 2.91. The Balaban J connectivity index is 1.90. The van der Waals surface area contributed by atoms with Gasteiger partial charge in [-0.2, -0.15) is 5.26 Å². The second-order valence-corrected chi connectivity index (χ2v) is 6.58. The standard InChI is InChI=1S/C15H24N2O/c1-2-12-5-6-14(10-12,11-16)15(18)7-9-17-8-3-4-13(15)17/h12-13,18H,2-10H2,1H3. The summed E-state index contributed by atoms with van der Waals surface area (Å²) in [5, 5.41) is 21.0. The maximum atomic E-state index is 11.3. The van der Waals surface area contributed by atoms with Crippen LogP contribution >= 0.6 is 0 Å². The van der Waals surface area contributed by atoms with Gasteiger partial charge in [-0.05, 0) is 51.0 Å². The van der Waals surface area contributed by atoms with E-state index in [0.29, 0.717) is 5.92 Å². The highest BCUT2D eigenvalue weighted by molar-refractivity contribution is 5.21. The van der Waals surface area contributed by atoms with Gasteiger partial charge in [0.05, 0.1) is 17.1 Å². The van der Waals surface area contributed by atoms with E-state index in [1.165, 1.54) is 6.42 Å². The fraction of sp³-hybridized carbons (Fsp3) is 0.933. The van der Waals surface area contributed by atoms with Gasteiger partial charge in [0.2, 0.25) is 0 Å². The second-order valence-electron chi connectivity index (χ2n) is 6.58. The average Bonchev–Trinajstić information content (AvgIpc) is 3.07. The van der Waals surface area contributed by atoms with Gasteiger partial charge >= 0.3 is 0 Å². The summed E-state index contributed by atoms with van der Waals surface area (Å²) in [6.07, 6.45) is 7.17. The molecule has 2 saturated heterocycles. The fourth-order valence-electron chi connectivity index (χ4n) is 4.76. The smallest absolute Gasteiger partial charge is 0.0999 e. The van der Waals surface area contributed by atoms with Gasteiger partial charge in [0.25, 0.3) is 0 Å². The first-order valence-corrected chi connectivity index (χ1v) is 7.53. The third-order valence-electron chi connectivity index (χ3n) is 5.93. The molecule has 3 aliphatic rings. The van der Waals surface area contributed by atoms with Crippen LogP contribution < -0.4 is 0 Å². The summed E-state index contributed by atoms with van der Waals surface area (Å²) in [5.74, 6) is 0.643. The first-order chi connectivity index (χ1) is 8.65. The highest BCUT2D eigenvalue weighted by Crippen LogP contribution is 2.56. The van der Waals surface area contributed by atoms with Gasteiger partial charge < -0.3 is 5.11 Å². The summed E-state index contributed by atoms with van der Waals surface area (Å²) in [4.78, 5) is 2.42. The van der Waals surface area contributed by atoms with Gasteiger partial charge in [-0.15, -0.1) is 0 Å². The van der Waals surface area contributed by atoms with Crippen LogP contribution in [0.5, 0.6) is 0 Å². The summed E-state index contributed by atoms with van der Waals surface area (Å²) < 4.78 is 0. The molecule has 0 aromatic rings.